The molecule has 2 atom stereocenters. The second-order valence-corrected chi connectivity index (χ2v) is 6.02. The van der Waals surface area contributed by atoms with Crippen LogP contribution in [0.25, 0.3) is 0 Å². The van der Waals surface area contributed by atoms with Gasteiger partial charge in [0.15, 0.2) is 0 Å². The highest BCUT2D eigenvalue weighted by atomic mass is 79.9. The summed E-state index contributed by atoms with van der Waals surface area (Å²) in [6, 6.07) is 5.30. The molecule has 1 aliphatic rings. The van der Waals surface area contributed by atoms with Gasteiger partial charge in [-0.15, -0.1) is 0 Å². The molecule has 3 rings (SSSR count). The lowest BCUT2D eigenvalue weighted by molar-refractivity contribution is 0.107. The third-order valence-corrected chi connectivity index (χ3v) is 4.83. The molecule has 1 saturated heterocycles. The molecule has 0 radical (unpaired) electrons. The largest absolute Gasteiger partial charge is 0.380 e. The Labute approximate surface area is 131 Å². The number of benzene rings is 1. The fraction of sp³-hybridized carbons (Fsp3) is 0.400. The number of hydrogen-bond donors (Lipinski definition) is 1. The average Bonchev–Trinajstić information content (AvgIpc) is 3.12. The van der Waals surface area contributed by atoms with Gasteiger partial charge in [-0.25, -0.2) is 9.37 Å². The van der Waals surface area contributed by atoms with Crippen molar-refractivity contribution in [1.29, 1.82) is 0 Å². The standard InChI is InChI=1S/C15H17BrFN3O/c1-21-11-7-13(15-18-5-6-19-15)20(9-11)8-10-3-2-4-12(17)14(10)16/h2-6,11,13H,7-9H2,1H3,(H,18,19)/t11-,13+/m1/s1. The van der Waals surface area contributed by atoms with Crippen molar-refractivity contribution in [3.8, 4) is 0 Å². The van der Waals surface area contributed by atoms with Crippen molar-refractivity contribution in [3.63, 3.8) is 0 Å². The Hall–Kier alpha value is -1.24. The van der Waals surface area contributed by atoms with E-state index in [0.29, 0.717) is 11.0 Å². The molecule has 1 aromatic heterocycles. The molecule has 1 N–H and O–H groups in total. The van der Waals surface area contributed by atoms with Crippen LogP contribution in [0.2, 0.25) is 0 Å². The maximum absolute atomic E-state index is 13.7. The molecule has 2 aromatic rings. The van der Waals surface area contributed by atoms with Gasteiger partial charge in [-0.1, -0.05) is 12.1 Å². The second kappa shape index (κ2) is 6.25. The third kappa shape index (κ3) is 3.02. The molecule has 0 spiro atoms. The number of nitrogens with zero attached hydrogens (tertiary/aromatic N) is 2. The molecule has 112 valence electrons. The minimum absolute atomic E-state index is 0.167. The van der Waals surface area contributed by atoms with Crippen LogP contribution in [0.3, 0.4) is 0 Å². The maximum Gasteiger partial charge on any atom is 0.137 e. The van der Waals surface area contributed by atoms with Gasteiger partial charge in [-0.3, -0.25) is 4.90 Å². The highest BCUT2D eigenvalue weighted by Crippen LogP contribution is 2.34. The minimum atomic E-state index is -0.232. The Bertz CT molecular complexity index is 605. The van der Waals surface area contributed by atoms with Crippen LogP contribution in [-0.2, 0) is 11.3 Å². The van der Waals surface area contributed by atoms with Crippen molar-refractivity contribution in [2.75, 3.05) is 13.7 Å². The summed E-state index contributed by atoms with van der Waals surface area (Å²) in [7, 11) is 1.73. The fourth-order valence-corrected chi connectivity index (χ4v) is 3.23. The number of rotatable bonds is 4. The summed E-state index contributed by atoms with van der Waals surface area (Å²) < 4.78 is 19.7. The topological polar surface area (TPSA) is 41.1 Å². The predicted octanol–water partition coefficient (Wildman–Crippen LogP) is 3.27. The quantitative estimate of drug-likeness (QED) is 0.916. The minimum Gasteiger partial charge on any atom is -0.380 e. The van der Waals surface area contributed by atoms with E-state index in [1.807, 2.05) is 12.3 Å². The number of nitrogens with one attached hydrogen (secondary N) is 1. The lowest BCUT2D eigenvalue weighted by Crippen LogP contribution is -2.25. The van der Waals surface area contributed by atoms with Gasteiger partial charge in [-0.2, -0.15) is 0 Å². The van der Waals surface area contributed by atoms with Crippen molar-refractivity contribution in [2.45, 2.75) is 25.1 Å². The van der Waals surface area contributed by atoms with E-state index in [2.05, 4.69) is 30.8 Å². The van der Waals surface area contributed by atoms with Gasteiger partial charge in [0.2, 0.25) is 0 Å². The van der Waals surface area contributed by atoms with E-state index in [1.54, 1.807) is 19.4 Å². The van der Waals surface area contributed by atoms with Crippen LogP contribution in [-0.4, -0.2) is 34.6 Å². The van der Waals surface area contributed by atoms with Crippen LogP contribution in [0.1, 0.15) is 23.9 Å². The van der Waals surface area contributed by atoms with Crippen LogP contribution in [0.4, 0.5) is 4.39 Å². The molecule has 6 heteroatoms. The molecular formula is C15H17BrFN3O. The SMILES string of the molecule is CO[C@@H]1C[C@@H](c2ncc[nH]2)N(Cc2cccc(F)c2Br)C1. The molecule has 0 bridgehead atoms. The third-order valence-electron chi connectivity index (χ3n) is 3.94. The van der Waals surface area contributed by atoms with Crippen molar-refractivity contribution < 1.29 is 9.13 Å². The summed E-state index contributed by atoms with van der Waals surface area (Å²) in [5.41, 5.74) is 0.934. The summed E-state index contributed by atoms with van der Waals surface area (Å²) in [6.45, 7) is 1.47. The summed E-state index contributed by atoms with van der Waals surface area (Å²) >= 11 is 3.33. The number of aromatic amines is 1. The van der Waals surface area contributed by atoms with Gasteiger partial charge in [0.25, 0.3) is 0 Å². The van der Waals surface area contributed by atoms with Crippen LogP contribution >= 0.6 is 15.9 Å². The van der Waals surface area contributed by atoms with Gasteiger partial charge in [0.05, 0.1) is 16.6 Å². The zero-order valence-electron chi connectivity index (χ0n) is 11.7. The molecule has 21 heavy (non-hydrogen) atoms. The zero-order chi connectivity index (χ0) is 14.8. The predicted molar refractivity (Wildman–Crippen MR) is 81.3 cm³/mol. The highest BCUT2D eigenvalue weighted by molar-refractivity contribution is 9.10. The number of halogens is 2. The Balaban J connectivity index is 1.83. The monoisotopic (exact) mass is 353 g/mol. The van der Waals surface area contributed by atoms with E-state index in [1.165, 1.54) is 6.07 Å². The van der Waals surface area contributed by atoms with Gasteiger partial charge in [0, 0.05) is 32.6 Å². The first-order valence-corrected chi connectivity index (χ1v) is 7.67. The second-order valence-electron chi connectivity index (χ2n) is 5.23. The lowest BCUT2D eigenvalue weighted by Gasteiger charge is -2.23. The van der Waals surface area contributed by atoms with Gasteiger partial charge < -0.3 is 9.72 Å². The van der Waals surface area contributed by atoms with Crippen LogP contribution in [0.15, 0.2) is 35.1 Å². The Kier molecular flexibility index (Phi) is 4.37. The maximum atomic E-state index is 13.7. The van der Waals surface area contributed by atoms with Crippen LogP contribution in [0.5, 0.6) is 0 Å². The first-order valence-electron chi connectivity index (χ1n) is 6.88. The molecular weight excluding hydrogens is 337 g/mol. The lowest BCUT2D eigenvalue weighted by atomic mass is 10.1. The average molecular weight is 354 g/mol. The molecule has 2 heterocycles. The smallest absolute Gasteiger partial charge is 0.137 e. The summed E-state index contributed by atoms with van der Waals surface area (Å²) in [5, 5.41) is 0. The van der Waals surface area contributed by atoms with Gasteiger partial charge in [0.1, 0.15) is 11.6 Å². The van der Waals surface area contributed by atoms with Crippen LogP contribution in [0, 0.1) is 5.82 Å². The van der Waals surface area contributed by atoms with Crippen molar-refractivity contribution >= 4 is 15.9 Å². The first-order chi connectivity index (χ1) is 10.2. The number of ether oxygens (including phenoxy) is 1. The molecule has 0 unspecified atom stereocenters. The molecule has 1 aromatic carbocycles. The highest BCUT2D eigenvalue weighted by Gasteiger charge is 2.34. The first kappa shape index (κ1) is 14.7. The zero-order valence-corrected chi connectivity index (χ0v) is 13.3. The summed E-state index contributed by atoms with van der Waals surface area (Å²) in [6.07, 6.45) is 4.64. The molecule has 1 fully saturated rings. The molecule has 4 nitrogen and oxygen atoms in total. The normalized spacial score (nSPS) is 22.8. The fourth-order valence-electron chi connectivity index (χ4n) is 2.84. The molecule has 0 aliphatic carbocycles. The number of methoxy groups -OCH3 is 1. The molecule has 0 amide bonds. The van der Waals surface area contributed by atoms with Crippen molar-refractivity contribution in [1.82, 2.24) is 14.9 Å². The number of H-pyrrole nitrogens is 1. The van der Waals surface area contributed by atoms with E-state index >= 15 is 0 Å². The van der Waals surface area contributed by atoms with E-state index in [4.69, 9.17) is 4.74 Å². The molecule has 1 aliphatic heterocycles. The Morgan fingerprint density at radius 1 is 1.52 bits per heavy atom. The van der Waals surface area contributed by atoms with Crippen molar-refractivity contribution in [2.24, 2.45) is 0 Å². The van der Waals surface area contributed by atoms with E-state index in [-0.39, 0.29) is 18.0 Å². The summed E-state index contributed by atoms with van der Waals surface area (Å²) in [5.74, 6) is 0.701. The number of aromatic nitrogens is 2. The van der Waals surface area contributed by atoms with Crippen molar-refractivity contribution in [3.05, 3.63) is 52.3 Å². The molecule has 0 saturated carbocycles. The number of likely N-dealkylation sites (tertiary alicyclic amines) is 1. The van der Waals surface area contributed by atoms with Crippen LogP contribution < -0.4 is 0 Å². The Morgan fingerprint density at radius 3 is 3.10 bits per heavy atom. The number of hydrogen-bond acceptors (Lipinski definition) is 3. The summed E-state index contributed by atoms with van der Waals surface area (Å²) in [4.78, 5) is 9.80. The van der Waals surface area contributed by atoms with E-state index in [0.717, 1.165) is 24.4 Å². The van der Waals surface area contributed by atoms with E-state index in [9.17, 15) is 4.39 Å². The number of imidazole rings is 1. The van der Waals surface area contributed by atoms with E-state index < -0.39 is 0 Å². The van der Waals surface area contributed by atoms with Gasteiger partial charge >= 0.3 is 0 Å². The Morgan fingerprint density at radius 2 is 2.38 bits per heavy atom. The van der Waals surface area contributed by atoms with Gasteiger partial charge in [-0.05, 0) is 34.0 Å².